The van der Waals surface area contributed by atoms with Gasteiger partial charge in [0.2, 0.25) is 0 Å². The van der Waals surface area contributed by atoms with Crippen LogP contribution in [0.5, 0.6) is 0 Å². The van der Waals surface area contributed by atoms with E-state index in [1.54, 1.807) is 0 Å². The Labute approximate surface area is 83.3 Å². The van der Waals surface area contributed by atoms with E-state index in [2.05, 4.69) is 46.9 Å². The average molecular weight is 183 g/mol. The fourth-order valence-corrected chi connectivity index (χ4v) is 2.03. The van der Waals surface area contributed by atoms with Crippen LogP contribution in [0, 0.1) is 10.8 Å². The third-order valence-electron chi connectivity index (χ3n) is 2.86. The molecule has 13 heavy (non-hydrogen) atoms. The second-order valence-electron chi connectivity index (χ2n) is 6.78. The van der Waals surface area contributed by atoms with Crippen molar-refractivity contribution in [2.45, 2.75) is 66.5 Å². The molecule has 1 aliphatic heterocycles. The minimum atomic E-state index is 0.439. The van der Waals surface area contributed by atoms with Crippen molar-refractivity contribution in [3.05, 3.63) is 0 Å². The molecule has 0 aromatic heterocycles. The molecule has 0 aliphatic carbocycles. The van der Waals surface area contributed by atoms with E-state index in [1.165, 1.54) is 12.8 Å². The quantitative estimate of drug-likeness (QED) is 0.658. The maximum absolute atomic E-state index is 3.68. The van der Waals surface area contributed by atoms with Crippen molar-refractivity contribution in [3.63, 3.8) is 0 Å². The minimum Gasteiger partial charge on any atom is -0.311 e. The van der Waals surface area contributed by atoms with E-state index in [0.29, 0.717) is 10.8 Å². The highest BCUT2D eigenvalue weighted by molar-refractivity contribution is 4.96. The molecule has 1 aliphatic rings. The maximum Gasteiger partial charge on any atom is 0.0133 e. The van der Waals surface area contributed by atoms with Crippen molar-refractivity contribution >= 4 is 0 Å². The second-order valence-corrected chi connectivity index (χ2v) is 6.78. The van der Waals surface area contributed by atoms with E-state index in [0.717, 1.165) is 12.1 Å². The fourth-order valence-electron chi connectivity index (χ4n) is 2.03. The molecule has 1 rings (SSSR count). The number of hydrogen-bond donors (Lipinski definition) is 1. The van der Waals surface area contributed by atoms with E-state index < -0.39 is 0 Å². The van der Waals surface area contributed by atoms with Crippen molar-refractivity contribution in [2.75, 3.05) is 0 Å². The lowest BCUT2D eigenvalue weighted by Crippen LogP contribution is -2.59. The van der Waals surface area contributed by atoms with Gasteiger partial charge in [-0.15, -0.1) is 0 Å². The second kappa shape index (κ2) is 3.27. The molecule has 1 fully saturated rings. The topological polar surface area (TPSA) is 12.0 Å². The molecule has 1 N–H and O–H groups in total. The first-order valence-electron chi connectivity index (χ1n) is 5.44. The summed E-state index contributed by atoms with van der Waals surface area (Å²) in [5.41, 5.74) is 0.912. The minimum absolute atomic E-state index is 0.439. The van der Waals surface area contributed by atoms with Crippen molar-refractivity contribution in [3.8, 4) is 0 Å². The Hall–Kier alpha value is -0.0400. The molecule has 0 radical (unpaired) electrons. The van der Waals surface area contributed by atoms with Gasteiger partial charge in [-0.2, -0.15) is 0 Å². The van der Waals surface area contributed by atoms with Crippen LogP contribution in [0.25, 0.3) is 0 Å². The van der Waals surface area contributed by atoms with Crippen LogP contribution in [-0.4, -0.2) is 12.1 Å². The van der Waals surface area contributed by atoms with Crippen LogP contribution in [0.15, 0.2) is 0 Å². The van der Waals surface area contributed by atoms with Crippen molar-refractivity contribution in [1.29, 1.82) is 0 Å². The van der Waals surface area contributed by atoms with Crippen molar-refractivity contribution < 1.29 is 0 Å². The molecule has 78 valence electrons. The normalized spacial score (nSPS) is 30.0. The largest absolute Gasteiger partial charge is 0.311 e. The molecule has 0 spiro atoms. The summed E-state index contributed by atoms with van der Waals surface area (Å²) in [4.78, 5) is 0. The van der Waals surface area contributed by atoms with Gasteiger partial charge in [-0.3, -0.25) is 0 Å². The standard InChI is InChI=1S/C12H25N/c1-11(2,3)8-9-7-10(13-9)12(4,5)6/h9-10,13H,7-8H2,1-6H3. The average Bonchev–Trinajstić information content (AvgIpc) is 1.71. The van der Waals surface area contributed by atoms with Gasteiger partial charge in [-0.25, -0.2) is 0 Å². The predicted octanol–water partition coefficient (Wildman–Crippen LogP) is 3.20. The van der Waals surface area contributed by atoms with Crippen LogP contribution < -0.4 is 5.32 Å². The molecular formula is C12H25N. The van der Waals surface area contributed by atoms with E-state index in [9.17, 15) is 0 Å². The highest BCUT2D eigenvalue weighted by Crippen LogP contribution is 2.34. The van der Waals surface area contributed by atoms with Crippen LogP contribution >= 0.6 is 0 Å². The molecular weight excluding hydrogens is 158 g/mol. The van der Waals surface area contributed by atoms with E-state index in [4.69, 9.17) is 0 Å². The molecule has 0 amide bonds. The molecule has 1 nitrogen and oxygen atoms in total. The SMILES string of the molecule is CC(C)(C)CC1CC(C(C)(C)C)N1. The Bertz CT molecular complexity index is 165. The third-order valence-corrected chi connectivity index (χ3v) is 2.86. The van der Waals surface area contributed by atoms with E-state index >= 15 is 0 Å². The van der Waals surface area contributed by atoms with Gasteiger partial charge in [-0.1, -0.05) is 41.5 Å². The molecule has 0 saturated carbocycles. The van der Waals surface area contributed by atoms with Crippen molar-refractivity contribution in [1.82, 2.24) is 5.32 Å². The first kappa shape index (κ1) is 11.0. The van der Waals surface area contributed by atoms with Crippen LogP contribution in [-0.2, 0) is 0 Å². The summed E-state index contributed by atoms with van der Waals surface area (Å²) in [6.07, 6.45) is 2.67. The van der Waals surface area contributed by atoms with Crippen molar-refractivity contribution in [2.24, 2.45) is 10.8 Å². The van der Waals surface area contributed by atoms with Gasteiger partial charge in [0.1, 0.15) is 0 Å². The van der Waals surface area contributed by atoms with Gasteiger partial charge in [-0.05, 0) is 23.7 Å². The van der Waals surface area contributed by atoms with Crippen LogP contribution in [0.2, 0.25) is 0 Å². The predicted molar refractivity (Wildman–Crippen MR) is 58.9 cm³/mol. The maximum atomic E-state index is 3.68. The van der Waals surface area contributed by atoms with Gasteiger partial charge >= 0.3 is 0 Å². The highest BCUT2D eigenvalue weighted by Gasteiger charge is 2.37. The number of hydrogen-bond acceptors (Lipinski definition) is 1. The van der Waals surface area contributed by atoms with Crippen LogP contribution in [0.3, 0.4) is 0 Å². The molecule has 0 aromatic carbocycles. The Morgan fingerprint density at radius 2 is 1.54 bits per heavy atom. The van der Waals surface area contributed by atoms with Gasteiger partial charge in [0.15, 0.2) is 0 Å². The van der Waals surface area contributed by atoms with Crippen LogP contribution in [0.1, 0.15) is 54.4 Å². The van der Waals surface area contributed by atoms with E-state index in [1.807, 2.05) is 0 Å². The highest BCUT2D eigenvalue weighted by atomic mass is 15.0. The Morgan fingerprint density at radius 3 is 1.85 bits per heavy atom. The molecule has 1 heteroatoms. The van der Waals surface area contributed by atoms with Gasteiger partial charge in [0.25, 0.3) is 0 Å². The Morgan fingerprint density at radius 1 is 1.08 bits per heavy atom. The summed E-state index contributed by atoms with van der Waals surface area (Å²) in [6.45, 7) is 13.9. The lowest BCUT2D eigenvalue weighted by atomic mass is 9.73. The summed E-state index contributed by atoms with van der Waals surface area (Å²) in [6, 6.07) is 1.50. The molecule has 2 atom stereocenters. The summed E-state index contributed by atoms with van der Waals surface area (Å²) in [5, 5.41) is 3.68. The van der Waals surface area contributed by atoms with Gasteiger partial charge in [0, 0.05) is 12.1 Å². The summed E-state index contributed by atoms with van der Waals surface area (Å²) >= 11 is 0. The fraction of sp³-hybridized carbons (Fsp3) is 1.00. The number of nitrogens with one attached hydrogen (secondary N) is 1. The zero-order valence-corrected chi connectivity index (χ0v) is 10.1. The monoisotopic (exact) mass is 183 g/mol. The zero-order chi connectivity index (χ0) is 10.3. The molecule has 1 heterocycles. The number of rotatable bonds is 1. The third kappa shape index (κ3) is 3.30. The Kier molecular flexibility index (Phi) is 2.78. The zero-order valence-electron chi connectivity index (χ0n) is 10.1. The van der Waals surface area contributed by atoms with Gasteiger partial charge < -0.3 is 5.32 Å². The molecule has 0 aromatic rings. The smallest absolute Gasteiger partial charge is 0.0133 e. The first-order valence-corrected chi connectivity index (χ1v) is 5.44. The van der Waals surface area contributed by atoms with E-state index in [-0.39, 0.29) is 0 Å². The summed E-state index contributed by atoms with van der Waals surface area (Å²) < 4.78 is 0. The van der Waals surface area contributed by atoms with Crippen LogP contribution in [0.4, 0.5) is 0 Å². The molecule has 1 saturated heterocycles. The lowest BCUT2D eigenvalue weighted by molar-refractivity contribution is 0.110. The lowest BCUT2D eigenvalue weighted by Gasteiger charge is -2.47. The molecule has 2 unspecified atom stereocenters. The van der Waals surface area contributed by atoms with Gasteiger partial charge in [0.05, 0.1) is 0 Å². The summed E-state index contributed by atoms with van der Waals surface area (Å²) in [5.74, 6) is 0. The molecule has 0 bridgehead atoms. The summed E-state index contributed by atoms with van der Waals surface area (Å²) in [7, 11) is 0. The Balaban J connectivity index is 2.27. The first-order chi connectivity index (χ1) is 5.68.